The molecule has 2 heterocycles. The summed E-state index contributed by atoms with van der Waals surface area (Å²) < 4.78 is 35.3. The molecule has 0 N–H and O–H groups in total. The summed E-state index contributed by atoms with van der Waals surface area (Å²) in [5.41, 5.74) is 7.38. The molecule has 3 rings (SSSR count). The predicted molar refractivity (Wildman–Crippen MR) is 110 cm³/mol. The van der Waals surface area contributed by atoms with Crippen LogP contribution in [0.4, 0.5) is 0 Å². The number of fused-ring (bicyclic) bond motifs is 3. The maximum atomic E-state index is 13.1. The van der Waals surface area contributed by atoms with Crippen LogP contribution in [0.3, 0.4) is 0 Å². The summed E-state index contributed by atoms with van der Waals surface area (Å²) in [5.74, 6) is -0.0818. The van der Waals surface area contributed by atoms with Crippen LogP contribution in [0.2, 0.25) is 13.1 Å². The Balaban J connectivity index is 2.29. The van der Waals surface area contributed by atoms with E-state index in [1.807, 2.05) is 44.8 Å². The van der Waals surface area contributed by atoms with Crippen LogP contribution in [0.25, 0.3) is 10.4 Å². The maximum absolute atomic E-state index is 13.1. The monoisotopic (exact) mass is 438 g/mol. The molecule has 158 valence electrons. The van der Waals surface area contributed by atoms with Gasteiger partial charge in [0.05, 0.1) is 23.9 Å². The number of hydrogen-bond acceptors (Lipinski definition) is 7. The first-order chi connectivity index (χ1) is 13.3. The van der Waals surface area contributed by atoms with Crippen molar-refractivity contribution in [3.8, 4) is 0 Å². The summed E-state index contributed by atoms with van der Waals surface area (Å²) in [7, 11) is -5.68. The van der Waals surface area contributed by atoms with Crippen molar-refractivity contribution in [2.24, 2.45) is 15.9 Å². The van der Waals surface area contributed by atoms with Crippen LogP contribution in [0.5, 0.6) is 0 Å². The normalized spacial score (nSPS) is 31.3. The molecule has 3 aliphatic rings. The SMILES string of the molecule is C[SiH](C)OC1(N=[N+]=[N-])C2=CC3(C(C)(C)C)C(=O)C=CC=C3N2CC1OS(C)(=O)=O. The quantitative estimate of drug-likeness (QED) is 0.214. The second-order valence-corrected chi connectivity index (χ2v) is 12.7. The molecule has 0 radical (unpaired) electrons. The van der Waals surface area contributed by atoms with Gasteiger partial charge in [-0.3, -0.25) is 8.98 Å². The van der Waals surface area contributed by atoms with Crippen molar-refractivity contribution in [2.45, 2.75) is 45.7 Å². The van der Waals surface area contributed by atoms with Gasteiger partial charge < -0.3 is 9.33 Å². The minimum atomic E-state index is -3.85. The van der Waals surface area contributed by atoms with Crippen LogP contribution in [0.1, 0.15) is 20.8 Å². The van der Waals surface area contributed by atoms with Crippen molar-refractivity contribution in [3.63, 3.8) is 0 Å². The molecule has 11 heteroatoms. The van der Waals surface area contributed by atoms with Gasteiger partial charge in [-0.1, -0.05) is 32.0 Å². The highest BCUT2D eigenvalue weighted by atomic mass is 32.2. The molecule has 0 aromatic rings. The zero-order valence-corrected chi connectivity index (χ0v) is 19.4. The second-order valence-electron chi connectivity index (χ2n) is 8.81. The van der Waals surface area contributed by atoms with Crippen LogP contribution >= 0.6 is 0 Å². The lowest BCUT2D eigenvalue weighted by molar-refractivity contribution is -0.124. The Morgan fingerprint density at radius 1 is 1.34 bits per heavy atom. The fraction of sp³-hybridized carbons (Fsp3) is 0.611. The fourth-order valence-electron chi connectivity index (χ4n) is 4.40. The van der Waals surface area contributed by atoms with E-state index in [1.54, 1.807) is 12.2 Å². The topological polar surface area (TPSA) is 122 Å². The zero-order chi connectivity index (χ0) is 21.8. The van der Waals surface area contributed by atoms with Gasteiger partial charge in [0.15, 0.2) is 14.8 Å². The third-order valence-corrected chi connectivity index (χ3v) is 6.88. The van der Waals surface area contributed by atoms with Crippen LogP contribution in [-0.4, -0.2) is 52.8 Å². The van der Waals surface area contributed by atoms with E-state index in [1.165, 1.54) is 6.08 Å². The summed E-state index contributed by atoms with van der Waals surface area (Å²) in [6.07, 6.45) is 6.72. The van der Waals surface area contributed by atoms with Gasteiger partial charge >= 0.3 is 0 Å². The van der Waals surface area contributed by atoms with Crippen LogP contribution in [0.15, 0.2) is 40.8 Å². The third-order valence-electron chi connectivity index (χ3n) is 5.46. The first-order valence-corrected chi connectivity index (χ1v) is 13.9. The third kappa shape index (κ3) is 3.26. The Hall–Kier alpha value is -1.91. The molecule has 0 aromatic carbocycles. The number of nitrogens with zero attached hydrogens (tertiary/aromatic N) is 4. The minimum absolute atomic E-state index is 0.0818. The van der Waals surface area contributed by atoms with Gasteiger partial charge in [0, 0.05) is 10.6 Å². The first-order valence-electron chi connectivity index (χ1n) is 9.35. The Labute approximate surface area is 172 Å². The second kappa shape index (κ2) is 6.81. The lowest BCUT2D eigenvalue weighted by Crippen LogP contribution is -2.48. The molecule has 0 bridgehead atoms. The van der Waals surface area contributed by atoms with Gasteiger partial charge in [-0.2, -0.15) is 8.42 Å². The van der Waals surface area contributed by atoms with E-state index in [0.717, 1.165) is 6.26 Å². The highest BCUT2D eigenvalue weighted by Gasteiger charge is 2.64. The smallest absolute Gasteiger partial charge is 0.264 e. The van der Waals surface area contributed by atoms with Crippen molar-refractivity contribution in [3.05, 3.63) is 46.1 Å². The molecular formula is C18H26N4O5SSi. The van der Waals surface area contributed by atoms with Crippen LogP contribution in [-0.2, 0) is 23.5 Å². The first kappa shape index (κ1) is 21.8. The Bertz CT molecular complexity index is 990. The van der Waals surface area contributed by atoms with Gasteiger partial charge in [0.2, 0.25) is 5.72 Å². The maximum Gasteiger partial charge on any atom is 0.264 e. The van der Waals surface area contributed by atoms with E-state index in [2.05, 4.69) is 10.0 Å². The number of ketones is 1. The fourth-order valence-corrected chi connectivity index (χ4v) is 6.05. The lowest BCUT2D eigenvalue weighted by atomic mass is 9.61. The van der Waals surface area contributed by atoms with E-state index in [9.17, 15) is 18.7 Å². The van der Waals surface area contributed by atoms with Gasteiger partial charge in [0.1, 0.15) is 6.10 Å². The zero-order valence-electron chi connectivity index (χ0n) is 17.4. The number of carbonyl (C=O) groups is 1. The molecule has 0 amide bonds. The largest absolute Gasteiger partial charge is 0.403 e. The van der Waals surface area contributed by atoms with E-state index in [-0.39, 0.29) is 12.3 Å². The Morgan fingerprint density at radius 2 is 2.00 bits per heavy atom. The minimum Gasteiger partial charge on any atom is -0.403 e. The molecule has 1 fully saturated rings. The molecule has 0 spiro atoms. The number of allylic oxidation sites excluding steroid dienone is 4. The summed E-state index contributed by atoms with van der Waals surface area (Å²) in [5, 5.41) is 3.93. The van der Waals surface area contributed by atoms with Gasteiger partial charge in [-0.15, -0.1) is 0 Å². The average molecular weight is 439 g/mol. The number of azide groups is 1. The summed E-state index contributed by atoms with van der Waals surface area (Å²) in [6.45, 7) is 9.77. The standard InChI is InChI=1S/C18H26N4O5SSi/c1-16(2,3)17-10-13-18(20-21-19,27-29(5)6)15(26-28(4,24)25)11-22(13)12(17)8-7-9-14(17)23/h7-10,15,29H,11H2,1-6H3. The predicted octanol–water partition coefficient (Wildman–Crippen LogP) is 2.61. The molecule has 9 nitrogen and oxygen atoms in total. The van der Waals surface area contributed by atoms with Crippen molar-refractivity contribution in [1.82, 2.24) is 4.90 Å². The molecule has 2 aliphatic heterocycles. The van der Waals surface area contributed by atoms with Crippen LogP contribution < -0.4 is 0 Å². The van der Waals surface area contributed by atoms with Crippen molar-refractivity contribution in [1.29, 1.82) is 0 Å². The van der Waals surface area contributed by atoms with E-state index >= 15 is 0 Å². The molecule has 3 atom stereocenters. The molecule has 0 aromatic heterocycles. The number of hydrogen-bond donors (Lipinski definition) is 0. The molecule has 3 unspecified atom stereocenters. The van der Waals surface area contributed by atoms with E-state index in [4.69, 9.17) is 8.61 Å². The van der Waals surface area contributed by atoms with Gasteiger partial charge in [0.25, 0.3) is 10.1 Å². The Morgan fingerprint density at radius 3 is 2.52 bits per heavy atom. The van der Waals surface area contributed by atoms with Crippen molar-refractivity contribution < 1.29 is 21.8 Å². The van der Waals surface area contributed by atoms with E-state index in [0.29, 0.717) is 11.4 Å². The Kier molecular flexibility index (Phi) is 5.12. The molecule has 1 saturated heterocycles. The van der Waals surface area contributed by atoms with Crippen molar-refractivity contribution in [2.75, 3.05) is 12.8 Å². The highest BCUT2D eigenvalue weighted by molar-refractivity contribution is 7.86. The summed E-state index contributed by atoms with van der Waals surface area (Å²) >= 11 is 0. The lowest BCUT2D eigenvalue weighted by Gasteiger charge is -2.42. The van der Waals surface area contributed by atoms with E-state index < -0.39 is 41.8 Å². The average Bonchev–Trinajstić information content (AvgIpc) is 3.01. The summed E-state index contributed by atoms with van der Waals surface area (Å²) in [4.78, 5) is 17.9. The molecule has 1 aliphatic carbocycles. The van der Waals surface area contributed by atoms with Gasteiger partial charge in [-0.25, -0.2) is 0 Å². The molecule has 29 heavy (non-hydrogen) atoms. The number of rotatable bonds is 5. The van der Waals surface area contributed by atoms with Gasteiger partial charge in [-0.05, 0) is 42.3 Å². The highest BCUT2D eigenvalue weighted by Crippen LogP contribution is 2.59. The molecular weight excluding hydrogens is 412 g/mol. The van der Waals surface area contributed by atoms with Crippen molar-refractivity contribution >= 4 is 24.9 Å². The number of carbonyl (C=O) groups excluding carboxylic acids is 1. The molecule has 0 saturated carbocycles. The summed E-state index contributed by atoms with van der Waals surface area (Å²) in [6, 6.07) is 0. The van der Waals surface area contributed by atoms with Crippen LogP contribution in [0, 0.1) is 10.8 Å².